The van der Waals surface area contributed by atoms with Crippen molar-refractivity contribution in [1.82, 2.24) is 14.9 Å². The summed E-state index contributed by atoms with van der Waals surface area (Å²) in [5.74, 6) is 0.182. The minimum Gasteiger partial charge on any atom is -0.389 e. The molecular formula is C20H27N5O2. The van der Waals surface area contributed by atoms with E-state index in [-0.39, 0.29) is 5.91 Å². The van der Waals surface area contributed by atoms with Gasteiger partial charge in [-0.3, -0.25) is 9.69 Å². The molecule has 1 aliphatic rings. The van der Waals surface area contributed by atoms with Crippen LogP contribution in [0, 0.1) is 6.92 Å². The number of nitrogens with one attached hydrogen (secondary N) is 2. The summed E-state index contributed by atoms with van der Waals surface area (Å²) in [6.45, 7) is 7.71. The fraction of sp³-hybridized carbons (Fsp3) is 0.450. The van der Waals surface area contributed by atoms with Crippen LogP contribution < -0.4 is 10.6 Å². The Bertz CT molecular complexity index is 845. The monoisotopic (exact) mass is 369 g/mol. The molecule has 0 fully saturated rings. The van der Waals surface area contributed by atoms with Crippen molar-refractivity contribution in [2.45, 2.75) is 39.3 Å². The number of β-amino-alcohol motifs (C(OH)–C–C–N with tert-alkyl or cyclic N) is 1. The average molecular weight is 369 g/mol. The number of rotatable bonds is 5. The highest BCUT2D eigenvalue weighted by molar-refractivity contribution is 6.03. The largest absolute Gasteiger partial charge is 0.389 e. The van der Waals surface area contributed by atoms with Crippen molar-refractivity contribution in [3.05, 3.63) is 46.8 Å². The van der Waals surface area contributed by atoms with Gasteiger partial charge >= 0.3 is 0 Å². The summed E-state index contributed by atoms with van der Waals surface area (Å²) in [5, 5.41) is 15.9. The molecule has 27 heavy (non-hydrogen) atoms. The zero-order valence-corrected chi connectivity index (χ0v) is 16.3. The molecule has 0 unspecified atom stereocenters. The number of hydrogen-bond donors (Lipinski definition) is 3. The van der Waals surface area contributed by atoms with Crippen LogP contribution in [-0.4, -0.2) is 51.6 Å². The van der Waals surface area contributed by atoms with Gasteiger partial charge in [0.2, 0.25) is 5.95 Å². The Morgan fingerprint density at radius 2 is 2.11 bits per heavy atom. The fourth-order valence-electron chi connectivity index (χ4n) is 3.45. The minimum absolute atomic E-state index is 0.246. The Balaban J connectivity index is 1.79. The van der Waals surface area contributed by atoms with Crippen LogP contribution in [0.5, 0.6) is 0 Å². The number of anilines is 2. The number of hydrogen-bond acceptors (Lipinski definition) is 6. The highest BCUT2D eigenvalue weighted by Gasteiger charge is 2.24. The summed E-state index contributed by atoms with van der Waals surface area (Å²) in [6.07, 6.45) is 0.826. The maximum Gasteiger partial charge on any atom is 0.274 e. The van der Waals surface area contributed by atoms with E-state index in [9.17, 15) is 9.90 Å². The molecule has 0 saturated heterocycles. The standard InChI is InChI=1S/C20H27N5O2/c1-13-10-17(24-19(21-4)22-13)18(26)23-16-7-5-6-14-11-25(9-8-15(14)16)12-20(2,3)27/h5-7,10,27H,8-9,11-12H2,1-4H3,(H,23,26)(H,21,22,24). The van der Waals surface area contributed by atoms with Crippen molar-refractivity contribution in [1.29, 1.82) is 0 Å². The van der Waals surface area contributed by atoms with E-state index < -0.39 is 5.60 Å². The molecule has 0 radical (unpaired) electrons. The van der Waals surface area contributed by atoms with Gasteiger partial charge in [-0.05, 0) is 50.5 Å². The fourth-order valence-corrected chi connectivity index (χ4v) is 3.45. The highest BCUT2D eigenvalue weighted by Crippen LogP contribution is 2.27. The molecule has 2 aromatic rings. The lowest BCUT2D eigenvalue weighted by molar-refractivity contribution is 0.0318. The third-order valence-corrected chi connectivity index (χ3v) is 4.51. The van der Waals surface area contributed by atoms with E-state index >= 15 is 0 Å². The Kier molecular flexibility index (Phi) is 5.43. The van der Waals surface area contributed by atoms with Gasteiger partial charge in [0.15, 0.2) is 0 Å². The molecular weight excluding hydrogens is 342 g/mol. The van der Waals surface area contributed by atoms with Crippen LogP contribution in [0.2, 0.25) is 0 Å². The Morgan fingerprint density at radius 1 is 1.33 bits per heavy atom. The second kappa shape index (κ2) is 7.62. The Morgan fingerprint density at radius 3 is 2.81 bits per heavy atom. The van der Waals surface area contributed by atoms with E-state index in [1.165, 1.54) is 5.56 Å². The molecule has 0 saturated carbocycles. The highest BCUT2D eigenvalue weighted by atomic mass is 16.3. The second-order valence-corrected chi connectivity index (χ2v) is 7.64. The molecule has 0 spiro atoms. The third kappa shape index (κ3) is 4.81. The number of benzene rings is 1. The predicted molar refractivity (Wildman–Crippen MR) is 106 cm³/mol. The van der Waals surface area contributed by atoms with E-state index in [1.807, 2.05) is 32.9 Å². The first kappa shape index (κ1) is 19.3. The molecule has 0 bridgehead atoms. The van der Waals surface area contributed by atoms with Crippen molar-refractivity contribution >= 4 is 17.5 Å². The zero-order valence-electron chi connectivity index (χ0n) is 16.3. The number of carbonyl (C=O) groups is 1. The van der Waals surface area contributed by atoms with E-state index in [4.69, 9.17) is 0 Å². The average Bonchev–Trinajstić information content (AvgIpc) is 2.59. The number of carbonyl (C=O) groups excluding carboxylic acids is 1. The Labute approximate surface area is 159 Å². The lowest BCUT2D eigenvalue weighted by atomic mass is 9.96. The summed E-state index contributed by atoms with van der Waals surface area (Å²) in [6, 6.07) is 7.63. The van der Waals surface area contributed by atoms with Crippen molar-refractivity contribution < 1.29 is 9.90 Å². The van der Waals surface area contributed by atoms with Gasteiger partial charge in [-0.25, -0.2) is 9.97 Å². The summed E-state index contributed by atoms with van der Waals surface area (Å²) >= 11 is 0. The molecule has 3 rings (SSSR count). The van der Waals surface area contributed by atoms with Crippen LogP contribution >= 0.6 is 0 Å². The first-order valence-corrected chi connectivity index (χ1v) is 9.15. The Hall–Kier alpha value is -2.51. The number of aryl methyl sites for hydroxylation is 1. The summed E-state index contributed by atoms with van der Waals surface area (Å²) < 4.78 is 0. The smallest absolute Gasteiger partial charge is 0.274 e. The van der Waals surface area contributed by atoms with Crippen LogP contribution in [0.1, 0.15) is 41.2 Å². The summed E-state index contributed by atoms with van der Waals surface area (Å²) in [5.41, 5.74) is 3.50. The lowest BCUT2D eigenvalue weighted by Crippen LogP contribution is -2.41. The topological polar surface area (TPSA) is 90.4 Å². The molecule has 1 aromatic carbocycles. The third-order valence-electron chi connectivity index (χ3n) is 4.51. The van der Waals surface area contributed by atoms with Gasteiger partial charge < -0.3 is 15.7 Å². The maximum absolute atomic E-state index is 12.7. The van der Waals surface area contributed by atoms with Gasteiger partial charge in [0.25, 0.3) is 5.91 Å². The maximum atomic E-state index is 12.7. The van der Waals surface area contributed by atoms with E-state index in [0.717, 1.165) is 36.5 Å². The van der Waals surface area contributed by atoms with Crippen molar-refractivity contribution in [2.75, 3.05) is 30.8 Å². The summed E-state index contributed by atoms with van der Waals surface area (Å²) in [4.78, 5) is 23.4. The predicted octanol–water partition coefficient (Wildman–Crippen LogP) is 2.21. The molecule has 2 heterocycles. The second-order valence-electron chi connectivity index (χ2n) is 7.64. The van der Waals surface area contributed by atoms with E-state index in [1.54, 1.807) is 13.1 Å². The zero-order chi connectivity index (χ0) is 19.6. The van der Waals surface area contributed by atoms with Crippen molar-refractivity contribution in [3.8, 4) is 0 Å². The van der Waals surface area contributed by atoms with Crippen LogP contribution in [0.25, 0.3) is 0 Å². The van der Waals surface area contributed by atoms with Gasteiger partial charge in [-0.2, -0.15) is 0 Å². The molecule has 1 amide bonds. The van der Waals surface area contributed by atoms with Crippen LogP contribution in [-0.2, 0) is 13.0 Å². The number of amides is 1. The van der Waals surface area contributed by atoms with Gasteiger partial charge in [0.1, 0.15) is 5.69 Å². The molecule has 144 valence electrons. The number of nitrogens with zero attached hydrogens (tertiary/aromatic N) is 3. The van der Waals surface area contributed by atoms with Gasteiger partial charge in [-0.1, -0.05) is 12.1 Å². The first-order valence-electron chi connectivity index (χ1n) is 9.15. The lowest BCUT2D eigenvalue weighted by Gasteiger charge is -2.33. The molecule has 1 aliphatic heterocycles. The minimum atomic E-state index is -0.723. The number of aliphatic hydroxyl groups is 1. The van der Waals surface area contributed by atoms with Gasteiger partial charge in [-0.15, -0.1) is 0 Å². The van der Waals surface area contributed by atoms with Crippen molar-refractivity contribution in [2.24, 2.45) is 0 Å². The number of fused-ring (bicyclic) bond motifs is 1. The molecule has 7 heteroatoms. The quantitative estimate of drug-likeness (QED) is 0.749. The van der Waals surface area contributed by atoms with Crippen LogP contribution in [0.15, 0.2) is 24.3 Å². The van der Waals surface area contributed by atoms with E-state index in [0.29, 0.717) is 18.2 Å². The molecule has 1 aromatic heterocycles. The van der Waals surface area contributed by atoms with Crippen LogP contribution in [0.4, 0.5) is 11.6 Å². The van der Waals surface area contributed by atoms with Gasteiger partial charge in [0, 0.05) is 38.1 Å². The molecule has 0 aliphatic carbocycles. The molecule has 0 atom stereocenters. The molecule has 3 N–H and O–H groups in total. The number of aromatic nitrogens is 2. The molecule has 7 nitrogen and oxygen atoms in total. The van der Waals surface area contributed by atoms with Crippen LogP contribution in [0.3, 0.4) is 0 Å². The normalized spacial score (nSPS) is 14.6. The van der Waals surface area contributed by atoms with Crippen molar-refractivity contribution in [3.63, 3.8) is 0 Å². The summed E-state index contributed by atoms with van der Waals surface area (Å²) in [7, 11) is 1.73. The van der Waals surface area contributed by atoms with Gasteiger partial charge in [0.05, 0.1) is 5.60 Å². The van der Waals surface area contributed by atoms with E-state index in [2.05, 4.69) is 31.6 Å². The first-order chi connectivity index (χ1) is 12.7. The SMILES string of the molecule is CNc1nc(C)cc(C(=O)Nc2cccc3c2CCN(CC(C)(C)O)C3)n1.